The Kier molecular flexibility index (Phi) is 41.9. The van der Waals surface area contributed by atoms with Crippen LogP contribution in [0.15, 0.2) is 72.9 Å². The molecule has 0 aliphatic carbocycles. The van der Waals surface area contributed by atoms with E-state index in [9.17, 15) is 38.9 Å². The van der Waals surface area contributed by atoms with Gasteiger partial charge in [0, 0.05) is 12.8 Å². The van der Waals surface area contributed by atoms with E-state index in [1.807, 2.05) is 37.3 Å². The highest BCUT2D eigenvalue weighted by atomic mass is 31.2. The van der Waals surface area contributed by atoms with Gasteiger partial charge in [-0.15, -0.1) is 0 Å². The van der Waals surface area contributed by atoms with Crippen molar-refractivity contribution >= 4 is 27.6 Å². The first-order valence-corrected chi connectivity index (χ1v) is 27.7. The molecular weight excluding hydrogens is 902 g/mol. The minimum absolute atomic E-state index is 0.0519. The molecule has 0 aliphatic heterocycles. The van der Waals surface area contributed by atoms with Gasteiger partial charge in [0.25, 0.3) is 0 Å². The lowest BCUT2D eigenvalue weighted by Gasteiger charge is -2.20. The number of carbonyl (C=O) groups is 2. The molecule has 0 fully saturated rings. The molecule has 0 aromatic carbocycles. The third kappa shape index (κ3) is 48.3. The molecule has 388 valence electrons. The number of aliphatic hydroxyl groups is 3. The molecule has 0 aromatic rings. The fraction of sp³-hybridized carbons (Fsp3) is 0.720. The van der Waals surface area contributed by atoms with Crippen LogP contribution in [0.2, 0.25) is 0 Å². The van der Waals surface area contributed by atoms with Crippen LogP contribution in [0.25, 0.3) is 0 Å². The highest BCUT2D eigenvalue weighted by molar-refractivity contribution is 7.47. The zero-order chi connectivity index (χ0) is 49.9. The van der Waals surface area contributed by atoms with E-state index in [1.165, 1.54) is 83.5 Å². The summed E-state index contributed by atoms with van der Waals surface area (Å²) in [5, 5.41) is 29.8. The van der Waals surface area contributed by atoms with Crippen LogP contribution >= 0.6 is 15.6 Å². The second-order valence-electron chi connectivity index (χ2n) is 17.2. The van der Waals surface area contributed by atoms with Crippen LogP contribution in [-0.4, -0.2) is 92.8 Å². The molecule has 0 rings (SSSR count). The van der Waals surface area contributed by atoms with Gasteiger partial charge >= 0.3 is 27.6 Å². The van der Waals surface area contributed by atoms with Crippen LogP contribution in [0.3, 0.4) is 0 Å². The molecule has 0 aliphatic rings. The second kappa shape index (κ2) is 43.5. The summed E-state index contributed by atoms with van der Waals surface area (Å²) in [7, 11) is -9.75. The van der Waals surface area contributed by atoms with Crippen molar-refractivity contribution in [2.24, 2.45) is 5.92 Å². The summed E-state index contributed by atoms with van der Waals surface area (Å²) in [5.41, 5.74) is 0. The largest absolute Gasteiger partial charge is 0.472 e. The number of rotatable bonds is 45. The van der Waals surface area contributed by atoms with Gasteiger partial charge in [0.1, 0.15) is 12.7 Å². The maximum Gasteiger partial charge on any atom is 0.472 e. The maximum atomic E-state index is 12.7. The minimum Gasteiger partial charge on any atom is -0.462 e. The lowest BCUT2D eigenvalue weighted by molar-refractivity contribution is -0.161. The molecule has 67 heavy (non-hydrogen) atoms. The third-order valence-electron chi connectivity index (χ3n) is 10.2. The summed E-state index contributed by atoms with van der Waals surface area (Å²) in [6.45, 7) is 3.72. The average Bonchev–Trinajstić information content (AvgIpc) is 3.27. The van der Waals surface area contributed by atoms with Crippen LogP contribution in [-0.2, 0) is 41.8 Å². The number of carbonyl (C=O) groups excluding carboxylic acids is 2. The minimum atomic E-state index is -4.89. The van der Waals surface area contributed by atoms with Crippen LogP contribution in [0.5, 0.6) is 0 Å². The molecule has 0 radical (unpaired) electrons. The first-order chi connectivity index (χ1) is 32.0. The summed E-state index contributed by atoms with van der Waals surface area (Å²) in [6.07, 6.45) is 41.1. The number of hydrogen-bond acceptors (Lipinski definition) is 12. The average molecular weight is 991 g/mol. The van der Waals surface area contributed by atoms with Crippen LogP contribution in [0, 0.1) is 5.92 Å². The van der Waals surface area contributed by atoms with E-state index >= 15 is 0 Å². The summed E-state index contributed by atoms with van der Waals surface area (Å²) >= 11 is 0. The van der Waals surface area contributed by atoms with Gasteiger partial charge in [-0.05, 0) is 44.4 Å². The van der Waals surface area contributed by atoms with E-state index in [1.54, 1.807) is 42.5 Å². The molecule has 15 nitrogen and oxygen atoms in total. The zero-order valence-electron chi connectivity index (χ0n) is 40.9. The monoisotopic (exact) mass is 991 g/mol. The predicted octanol–water partition coefficient (Wildman–Crippen LogP) is 11.1. The lowest BCUT2D eigenvalue weighted by atomic mass is 10.0. The van der Waals surface area contributed by atoms with Crippen molar-refractivity contribution in [3.8, 4) is 0 Å². The number of phosphoric ester groups is 2. The van der Waals surface area contributed by atoms with E-state index < -0.39 is 78.4 Å². The number of ether oxygens (including phenoxy) is 2. The summed E-state index contributed by atoms with van der Waals surface area (Å²) in [4.78, 5) is 52.9. The number of phosphoric acid groups is 2. The van der Waals surface area contributed by atoms with Gasteiger partial charge in [0.2, 0.25) is 0 Å². The molecule has 5 atom stereocenters. The van der Waals surface area contributed by atoms with Gasteiger partial charge < -0.3 is 39.5 Å². The molecule has 0 aromatic heterocycles. The third-order valence-corrected chi connectivity index (χ3v) is 11.6. The molecular formula is C50H88O15P2. The lowest BCUT2D eigenvalue weighted by Crippen LogP contribution is -2.29. The fourth-order valence-corrected chi connectivity index (χ4v) is 7.60. The Labute approximate surface area is 402 Å². The molecule has 0 heterocycles. The van der Waals surface area contributed by atoms with Gasteiger partial charge in [-0.3, -0.25) is 23.2 Å². The number of aliphatic hydroxyl groups excluding tert-OH is 3. The molecule has 0 spiro atoms. The normalized spacial score (nSPS) is 15.5. The second-order valence-corrected chi connectivity index (χ2v) is 19.9. The topological polar surface area (TPSA) is 236 Å². The SMILES string of the molecule is CC/C=C\C[C@H](O)/C=C/C=C\C=C\[C@H](O)C/C=C\C/C=C\CCC(=O)O[C@H](COC(=O)CCCCCCCCCCCCCCCCCCC(C)C)COP(=O)(O)OC[C@@H](O)COP(=O)(O)O. The van der Waals surface area contributed by atoms with Crippen LogP contribution < -0.4 is 0 Å². The molecule has 0 bridgehead atoms. The summed E-state index contributed by atoms with van der Waals surface area (Å²) < 4.78 is 47.8. The number of unbranched alkanes of at least 4 members (excludes halogenated alkanes) is 15. The highest BCUT2D eigenvalue weighted by Crippen LogP contribution is 2.43. The summed E-state index contributed by atoms with van der Waals surface area (Å²) in [6, 6.07) is 0. The molecule has 17 heteroatoms. The zero-order valence-corrected chi connectivity index (χ0v) is 42.7. The standard InChI is InChI=1S/C50H88O15P2/c1-4-5-26-34-45(51)36-29-24-25-30-37-46(52)35-28-21-18-19-23-32-39-50(55)65-48(43-64-67(59,60)63-41-47(53)40-62-66(56,57)58)42-61-49(54)38-31-22-17-15-13-11-9-7-6-8-10-12-14-16-20-27-33-44(2)3/h5,19,21,23-26,28-30,36-37,44-48,51-53H,4,6-18,20,22,27,31-35,38-43H2,1-3H3,(H,59,60)(H2,56,57,58)/b23-19-,25-24-,26-5-,28-21-,36-29+,37-30+/t45-,46+,47-,48+/m0/s1. The van der Waals surface area contributed by atoms with Crippen molar-refractivity contribution in [1.29, 1.82) is 0 Å². The van der Waals surface area contributed by atoms with Gasteiger partial charge in [-0.25, -0.2) is 9.13 Å². The van der Waals surface area contributed by atoms with Crippen molar-refractivity contribution in [3.63, 3.8) is 0 Å². The Bertz CT molecular complexity index is 1500. The highest BCUT2D eigenvalue weighted by Gasteiger charge is 2.28. The quantitative estimate of drug-likeness (QED) is 0.0109. The fourth-order valence-electron chi connectivity index (χ4n) is 6.44. The number of esters is 2. The molecule has 0 saturated heterocycles. The van der Waals surface area contributed by atoms with Crippen LogP contribution in [0.1, 0.15) is 175 Å². The van der Waals surface area contributed by atoms with Gasteiger partial charge in [0.05, 0.1) is 32.0 Å². The smallest absolute Gasteiger partial charge is 0.462 e. The first-order valence-electron chi connectivity index (χ1n) is 24.7. The Hall–Kier alpha value is -2.52. The van der Waals surface area contributed by atoms with Crippen LogP contribution in [0.4, 0.5) is 0 Å². The van der Waals surface area contributed by atoms with Crippen molar-refractivity contribution in [1.82, 2.24) is 0 Å². The maximum absolute atomic E-state index is 12.7. The first kappa shape index (κ1) is 64.5. The summed E-state index contributed by atoms with van der Waals surface area (Å²) in [5.74, 6) is -0.383. The Balaban J connectivity index is 4.64. The predicted molar refractivity (Wildman–Crippen MR) is 265 cm³/mol. The Morgan fingerprint density at radius 3 is 1.54 bits per heavy atom. The van der Waals surface area contributed by atoms with Crippen molar-refractivity contribution in [2.75, 3.05) is 26.4 Å². The van der Waals surface area contributed by atoms with Crippen molar-refractivity contribution in [2.45, 2.75) is 199 Å². The van der Waals surface area contributed by atoms with Crippen molar-refractivity contribution in [3.05, 3.63) is 72.9 Å². The molecule has 1 unspecified atom stereocenters. The Morgan fingerprint density at radius 1 is 0.537 bits per heavy atom. The van der Waals surface area contributed by atoms with Gasteiger partial charge in [0.15, 0.2) is 6.10 Å². The van der Waals surface area contributed by atoms with Gasteiger partial charge in [-0.1, -0.05) is 196 Å². The molecule has 0 amide bonds. The van der Waals surface area contributed by atoms with E-state index in [0.29, 0.717) is 32.1 Å². The van der Waals surface area contributed by atoms with E-state index in [2.05, 4.69) is 22.9 Å². The van der Waals surface area contributed by atoms with Gasteiger partial charge in [-0.2, -0.15) is 0 Å². The van der Waals surface area contributed by atoms with E-state index in [0.717, 1.165) is 31.6 Å². The molecule has 6 N–H and O–H groups in total. The van der Waals surface area contributed by atoms with E-state index in [-0.39, 0.29) is 12.8 Å². The van der Waals surface area contributed by atoms with Crippen molar-refractivity contribution < 1.29 is 71.8 Å². The Morgan fingerprint density at radius 2 is 1.01 bits per heavy atom. The number of allylic oxidation sites excluding steroid dienone is 8. The van der Waals surface area contributed by atoms with E-state index in [4.69, 9.17) is 23.8 Å². The number of hydrogen-bond donors (Lipinski definition) is 6. The molecule has 0 saturated carbocycles.